The van der Waals surface area contributed by atoms with E-state index in [1.807, 2.05) is 12.2 Å². The summed E-state index contributed by atoms with van der Waals surface area (Å²) < 4.78 is 235. The van der Waals surface area contributed by atoms with E-state index < -0.39 is 169 Å². The fourth-order valence-corrected chi connectivity index (χ4v) is 8.08. The van der Waals surface area contributed by atoms with Crippen LogP contribution in [0.25, 0.3) is 0 Å². The van der Waals surface area contributed by atoms with E-state index in [1.54, 1.807) is 13.8 Å². The van der Waals surface area contributed by atoms with Gasteiger partial charge in [0.1, 0.15) is 36.0 Å². The molecule has 2 aromatic rings. The number of amides is 6. The summed E-state index contributed by atoms with van der Waals surface area (Å²) in [4.78, 5) is 115. The number of Topliss-reactive ketones (excluding diaryl/α,β-unsaturated/α-hetero) is 1. The minimum Gasteiger partial charge on any atom is -0.508 e. The summed E-state index contributed by atoms with van der Waals surface area (Å²) in [5.74, 6) is -72.1. The van der Waals surface area contributed by atoms with Crippen LogP contribution in [0.2, 0.25) is 0 Å². The molecule has 7 atom stereocenters. The number of H-pyrrole nitrogens is 1. The van der Waals surface area contributed by atoms with Crippen LogP contribution in [0.5, 0.6) is 5.75 Å². The number of phenolic OH excluding ortho intramolecular Hbond substituents is 1. The highest BCUT2D eigenvalue weighted by Gasteiger charge is 2.95. The van der Waals surface area contributed by atoms with Gasteiger partial charge in [-0.25, -0.2) is 4.98 Å². The maximum Gasteiger partial charge on any atom is 0.460 e. The van der Waals surface area contributed by atoms with Crippen molar-refractivity contribution in [2.75, 3.05) is 6.54 Å². The highest BCUT2D eigenvalue weighted by molar-refractivity contribution is 5.98. The number of nitrogens with zero attached hydrogens (tertiary/aromatic N) is 1. The Morgan fingerprint density at radius 3 is 1.60 bits per heavy atom. The van der Waals surface area contributed by atoms with E-state index in [2.05, 4.69) is 36.6 Å². The number of guanidine groups is 1. The lowest BCUT2D eigenvalue weighted by atomic mass is 9.88. The molecule has 0 aliphatic carbocycles. The number of imidazole rings is 1. The Hall–Kier alpha value is -7.73. The Morgan fingerprint density at radius 1 is 0.607 bits per heavy atom. The molecule has 2 rings (SSSR count). The largest absolute Gasteiger partial charge is 0.508 e. The Balaban J connectivity index is 2.51. The first-order valence-electron chi connectivity index (χ1n) is 26.8. The highest BCUT2D eigenvalue weighted by Crippen LogP contribution is 2.64. The van der Waals surface area contributed by atoms with Crippen LogP contribution >= 0.6 is 0 Å². The van der Waals surface area contributed by atoms with Crippen LogP contribution in [0.4, 0.5) is 74.6 Å². The third-order valence-electron chi connectivity index (χ3n) is 13.6. The Labute approximate surface area is 495 Å². The predicted octanol–water partition coefficient (Wildman–Crippen LogP) is 5.80. The SMILES string of the molecule is CCCCC(=O)[C@H](Cc1cnc[nH]1)NC(=O)[C@@H](NC(=O)[C@H](Cc1ccc(O)cc1)NC(=O)[C@@H](NC(=O)[C@H](CCCNC(=N)N)NC(=O)[C@H](CC(=O)O)NC(=O)CCC(F)(F)C(F)(F)C(F)(F)C(F)(F)C(F)(F)C(F)(F)C(F)(F)C(F)(F)F)C(C)C)[C@@H](C)CC. The lowest BCUT2D eigenvalue weighted by Crippen LogP contribution is -2.74. The topological polar surface area (TPSA) is 340 Å². The molecule has 21 nitrogen and oxygen atoms in total. The first-order valence-corrected chi connectivity index (χ1v) is 26.8. The van der Waals surface area contributed by atoms with Crippen molar-refractivity contribution in [1.29, 1.82) is 5.41 Å². The molecule has 0 bridgehead atoms. The molecule has 89 heavy (non-hydrogen) atoms. The fourth-order valence-electron chi connectivity index (χ4n) is 8.08. The summed E-state index contributed by atoms with van der Waals surface area (Å²) >= 11 is 0. The molecule has 6 amide bonds. The van der Waals surface area contributed by atoms with Crippen LogP contribution in [0.1, 0.15) is 104 Å². The van der Waals surface area contributed by atoms with Crippen LogP contribution < -0.4 is 43.0 Å². The van der Waals surface area contributed by atoms with E-state index in [4.69, 9.17) is 11.1 Å². The number of aromatic amines is 1. The second-order valence-electron chi connectivity index (χ2n) is 20.9. The van der Waals surface area contributed by atoms with E-state index in [0.717, 1.165) is 0 Å². The van der Waals surface area contributed by atoms with Gasteiger partial charge in [-0.05, 0) is 48.8 Å². The number of aromatic hydroxyl groups is 1. The van der Waals surface area contributed by atoms with Gasteiger partial charge >= 0.3 is 53.6 Å². The van der Waals surface area contributed by atoms with Crippen molar-refractivity contribution < 1.29 is 123 Å². The number of phenols is 1. The number of aliphatic carboxylic acids is 1. The first-order chi connectivity index (χ1) is 40.7. The third kappa shape index (κ3) is 19.4. The number of hydrogen-bond donors (Lipinski definition) is 12. The van der Waals surface area contributed by atoms with Crippen molar-refractivity contribution in [3.05, 3.63) is 48.0 Å². The number of benzene rings is 1. The van der Waals surface area contributed by atoms with Crippen LogP contribution in [-0.4, -0.2) is 164 Å². The zero-order valence-electron chi connectivity index (χ0n) is 47.7. The number of aromatic nitrogens is 2. The molecule has 0 radical (unpaired) electrons. The van der Waals surface area contributed by atoms with Crippen LogP contribution in [0.3, 0.4) is 0 Å². The Kier molecular flexibility index (Phi) is 27.1. The second-order valence-corrected chi connectivity index (χ2v) is 20.9. The zero-order chi connectivity index (χ0) is 68.6. The minimum absolute atomic E-state index is 0.00613. The van der Waals surface area contributed by atoms with Crippen molar-refractivity contribution in [3.63, 3.8) is 0 Å². The molecule has 0 saturated carbocycles. The van der Waals surface area contributed by atoms with Crippen molar-refractivity contribution >= 4 is 53.2 Å². The Morgan fingerprint density at radius 2 is 1.10 bits per heavy atom. The lowest BCUT2D eigenvalue weighted by molar-refractivity contribution is -0.461. The maximum atomic E-state index is 14.7. The number of hydrogen-bond acceptors (Lipinski definition) is 11. The monoisotopic (exact) mass is 1320 g/mol. The molecule has 0 aliphatic heterocycles. The van der Waals surface area contributed by atoms with Crippen molar-refractivity contribution in [1.82, 2.24) is 47.2 Å². The van der Waals surface area contributed by atoms with E-state index in [9.17, 15) is 123 Å². The summed E-state index contributed by atoms with van der Waals surface area (Å²) in [6, 6.07) is -5.30. The summed E-state index contributed by atoms with van der Waals surface area (Å²) in [6.07, 6.45) is -12.3. The molecule has 1 aromatic carbocycles. The molecule has 0 saturated heterocycles. The van der Waals surface area contributed by atoms with Gasteiger partial charge in [0.05, 0.1) is 18.8 Å². The number of nitrogens with two attached hydrogens (primary N) is 1. The highest BCUT2D eigenvalue weighted by atomic mass is 19.4. The van der Waals surface area contributed by atoms with Gasteiger partial charge in [0, 0.05) is 50.5 Å². The van der Waals surface area contributed by atoms with Gasteiger partial charge in [0.2, 0.25) is 35.4 Å². The molecule has 504 valence electrons. The molecular weight excluding hydrogens is 1250 g/mol. The number of carbonyl (C=O) groups is 8. The maximum absolute atomic E-state index is 14.7. The van der Waals surface area contributed by atoms with Crippen LogP contribution in [0.15, 0.2) is 36.8 Å². The van der Waals surface area contributed by atoms with E-state index in [-0.39, 0.29) is 50.2 Å². The van der Waals surface area contributed by atoms with Crippen molar-refractivity contribution in [2.24, 2.45) is 17.6 Å². The molecule has 1 aromatic heterocycles. The minimum atomic E-state index is -8.92. The number of ketones is 1. The molecule has 13 N–H and O–H groups in total. The molecule has 0 fully saturated rings. The molecule has 38 heteroatoms. The number of halogens is 17. The van der Waals surface area contributed by atoms with E-state index in [1.165, 1.54) is 56.0 Å². The molecule has 0 aliphatic rings. The van der Waals surface area contributed by atoms with Crippen molar-refractivity contribution in [2.45, 2.75) is 189 Å². The van der Waals surface area contributed by atoms with Gasteiger partial charge in [-0.1, -0.05) is 59.6 Å². The number of alkyl halides is 17. The normalized spacial score (nSPS) is 15.3. The molecular formula is C51H66F17N11O10. The summed E-state index contributed by atoms with van der Waals surface area (Å²) in [5, 5.41) is 42.5. The van der Waals surface area contributed by atoms with E-state index in [0.29, 0.717) is 24.1 Å². The smallest absolute Gasteiger partial charge is 0.460 e. The number of rotatable bonds is 37. The zero-order valence-corrected chi connectivity index (χ0v) is 47.7. The Bertz CT molecular complexity index is 2760. The van der Waals surface area contributed by atoms with Crippen molar-refractivity contribution in [3.8, 4) is 5.75 Å². The van der Waals surface area contributed by atoms with Crippen LogP contribution in [0, 0.1) is 17.2 Å². The standard InChI is InChI=1S/C51H66F17N11O10/c1-6-8-11-33(81)30(20-27-22-71-23-73-27)76-42(89)37(25(5)7-2)79-40(87)31(19-26-12-14-28(80)15-13-26)77-41(88)36(24(3)4)78-38(85)29(10-9-18-72-43(69)70)75-39(86)32(21-35(83)84)74-34(82)16-17-44(52,53)45(54,55)46(56,57)47(58,59)48(60,61)49(62,63)50(64,65)51(66,67)68/h12-15,22-25,29-32,36-37,80H,6-11,16-21H2,1-5H3,(H,71,73)(H,74,82)(H,75,86)(H,76,89)(H,77,88)(H,78,85)(H,79,87)(H,83,84)(H4,69,70,72)/t25-,29-,30-,31-,32-,36-,37-/m0/s1. The second kappa shape index (κ2) is 31.1. The fraction of sp³-hybridized carbons (Fsp3) is 0.647. The average molecular weight is 1320 g/mol. The van der Waals surface area contributed by atoms with Gasteiger partial charge < -0.3 is 58.1 Å². The molecule has 0 spiro atoms. The number of unbranched alkanes of at least 4 members (excludes halogenated alkanes) is 1. The van der Waals surface area contributed by atoms with E-state index >= 15 is 0 Å². The quantitative estimate of drug-likeness (QED) is 0.0165. The first kappa shape index (κ1) is 77.4. The molecule has 1 heterocycles. The number of nitrogens with one attached hydrogen (secondary N) is 9. The summed E-state index contributed by atoms with van der Waals surface area (Å²) in [7, 11) is 0. The molecule has 0 unspecified atom stereocenters. The average Bonchev–Trinajstić information content (AvgIpc) is 0.734. The van der Waals surface area contributed by atoms with Gasteiger partial charge in [-0.2, -0.15) is 74.6 Å². The summed E-state index contributed by atoms with van der Waals surface area (Å²) in [5.41, 5.74) is 6.06. The number of carbonyl (C=O) groups excluding carboxylic acids is 7. The van der Waals surface area contributed by atoms with Crippen LogP contribution in [-0.2, 0) is 51.2 Å². The number of carboxylic acids is 1. The van der Waals surface area contributed by atoms with Gasteiger partial charge in [-0.3, -0.25) is 43.8 Å². The third-order valence-corrected chi connectivity index (χ3v) is 13.6. The summed E-state index contributed by atoms with van der Waals surface area (Å²) in [6.45, 7) is 7.56. The lowest BCUT2D eigenvalue weighted by Gasteiger charge is -2.42. The number of carboxylic acid groups (broad SMARTS) is 1. The van der Waals surface area contributed by atoms with Gasteiger partial charge in [-0.15, -0.1) is 0 Å². The van der Waals surface area contributed by atoms with Gasteiger partial charge in [0.15, 0.2) is 11.7 Å². The van der Waals surface area contributed by atoms with Gasteiger partial charge in [0.25, 0.3) is 0 Å². The predicted molar refractivity (Wildman–Crippen MR) is 276 cm³/mol.